The molecule has 1 aliphatic heterocycles. The van der Waals surface area contributed by atoms with Gasteiger partial charge in [-0.15, -0.1) is 0 Å². The molecule has 0 aromatic heterocycles. The van der Waals surface area contributed by atoms with Crippen molar-refractivity contribution in [2.45, 2.75) is 38.4 Å². The van der Waals surface area contributed by atoms with Gasteiger partial charge in [0.25, 0.3) is 0 Å². The van der Waals surface area contributed by atoms with Crippen LogP contribution < -0.4 is 5.32 Å². The minimum Gasteiger partial charge on any atom is -0.364 e. The van der Waals surface area contributed by atoms with Crippen LogP contribution in [0.1, 0.15) is 33.1 Å². The maximum atomic E-state index is 4.45. The summed E-state index contributed by atoms with van der Waals surface area (Å²) >= 11 is 1.88. The van der Waals surface area contributed by atoms with E-state index in [-0.39, 0.29) is 0 Å². The minimum absolute atomic E-state index is 0.634. The van der Waals surface area contributed by atoms with E-state index in [2.05, 4.69) is 24.2 Å². The van der Waals surface area contributed by atoms with E-state index in [4.69, 9.17) is 0 Å². The van der Waals surface area contributed by atoms with Crippen LogP contribution in [0.25, 0.3) is 0 Å². The molecule has 0 radical (unpaired) electrons. The van der Waals surface area contributed by atoms with Gasteiger partial charge in [-0.3, -0.25) is 4.99 Å². The average Bonchev–Trinajstić information content (AvgIpc) is 2.81. The molecular formula is C10H18N2S. The van der Waals surface area contributed by atoms with E-state index in [1.54, 1.807) is 0 Å². The maximum absolute atomic E-state index is 4.45. The number of nitrogens with zero attached hydrogens (tertiary/aromatic N) is 1. The molecule has 0 aromatic rings. The number of rotatable bonds is 3. The molecule has 1 heterocycles. The lowest BCUT2D eigenvalue weighted by molar-refractivity contribution is 0.483. The van der Waals surface area contributed by atoms with Gasteiger partial charge in [0.15, 0.2) is 5.17 Å². The van der Waals surface area contributed by atoms with E-state index in [1.165, 1.54) is 24.4 Å². The summed E-state index contributed by atoms with van der Waals surface area (Å²) in [5.41, 5.74) is 0.634. The Morgan fingerprint density at radius 2 is 2.38 bits per heavy atom. The lowest BCUT2D eigenvalue weighted by atomic mass is 10.0. The minimum atomic E-state index is 0.634. The fourth-order valence-corrected chi connectivity index (χ4v) is 2.50. The molecule has 2 rings (SSSR count). The van der Waals surface area contributed by atoms with Gasteiger partial charge in [-0.2, -0.15) is 0 Å². The first-order chi connectivity index (χ1) is 6.24. The number of aliphatic imine (C=N–C) groups is 1. The standard InChI is InChI=1S/C10H18N2S/c1-3-10(4-5-10)7-12-9-11-6-8(2)13-9/h8H,3-7H2,1-2H3,(H,11,12). The molecule has 0 aromatic carbocycles. The van der Waals surface area contributed by atoms with Gasteiger partial charge in [-0.05, 0) is 24.7 Å². The molecule has 2 aliphatic rings. The summed E-state index contributed by atoms with van der Waals surface area (Å²) in [7, 11) is 0. The first kappa shape index (κ1) is 9.38. The highest BCUT2D eigenvalue weighted by Crippen LogP contribution is 2.48. The summed E-state index contributed by atoms with van der Waals surface area (Å²) in [4.78, 5) is 4.45. The predicted molar refractivity (Wildman–Crippen MR) is 59.3 cm³/mol. The number of hydrogen-bond donors (Lipinski definition) is 1. The van der Waals surface area contributed by atoms with Gasteiger partial charge in [0, 0.05) is 11.8 Å². The summed E-state index contributed by atoms with van der Waals surface area (Å²) in [6, 6.07) is 0. The van der Waals surface area contributed by atoms with Gasteiger partial charge in [0.1, 0.15) is 0 Å². The van der Waals surface area contributed by atoms with Crippen molar-refractivity contribution < 1.29 is 0 Å². The van der Waals surface area contributed by atoms with Crippen LogP contribution in [0.15, 0.2) is 4.99 Å². The van der Waals surface area contributed by atoms with Gasteiger partial charge in [0.2, 0.25) is 0 Å². The Labute approximate surface area is 84.6 Å². The lowest BCUT2D eigenvalue weighted by Gasteiger charge is -2.13. The number of thioether (sulfide) groups is 1. The zero-order valence-corrected chi connectivity index (χ0v) is 9.28. The zero-order valence-electron chi connectivity index (χ0n) is 8.47. The first-order valence-electron chi connectivity index (χ1n) is 5.19. The fourth-order valence-electron chi connectivity index (χ4n) is 1.67. The predicted octanol–water partition coefficient (Wildman–Crippen LogP) is 2.26. The van der Waals surface area contributed by atoms with Crippen LogP contribution in [0.5, 0.6) is 0 Å². The smallest absolute Gasteiger partial charge is 0.156 e. The Balaban J connectivity index is 1.74. The molecule has 1 aliphatic carbocycles. The van der Waals surface area contributed by atoms with Crippen molar-refractivity contribution >= 4 is 16.9 Å². The second-order valence-corrected chi connectivity index (χ2v) is 5.71. The van der Waals surface area contributed by atoms with Crippen molar-refractivity contribution in [3.63, 3.8) is 0 Å². The summed E-state index contributed by atoms with van der Waals surface area (Å²) < 4.78 is 0. The van der Waals surface area contributed by atoms with E-state index in [0.717, 1.165) is 13.1 Å². The largest absolute Gasteiger partial charge is 0.364 e. The molecule has 1 fully saturated rings. The van der Waals surface area contributed by atoms with Crippen molar-refractivity contribution in [3.8, 4) is 0 Å². The average molecular weight is 198 g/mol. The Kier molecular flexibility index (Phi) is 2.54. The third-order valence-electron chi connectivity index (χ3n) is 3.13. The van der Waals surface area contributed by atoms with Crippen LogP contribution in [0.3, 0.4) is 0 Å². The molecule has 1 unspecified atom stereocenters. The highest BCUT2D eigenvalue weighted by atomic mass is 32.2. The highest BCUT2D eigenvalue weighted by molar-refractivity contribution is 8.14. The number of amidine groups is 1. The maximum Gasteiger partial charge on any atom is 0.156 e. The number of nitrogens with one attached hydrogen (secondary N) is 1. The van der Waals surface area contributed by atoms with Crippen molar-refractivity contribution in [3.05, 3.63) is 0 Å². The van der Waals surface area contributed by atoms with Crippen LogP contribution >= 0.6 is 11.8 Å². The molecular weight excluding hydrogens is 180 g/mol. The highest BCUT2D eigenvalue weighted by Gasteiger charge is 2.40. The Morgan fingerprint density at radius 3 is 2.85 bits per heavy atom. The molecule has 0 amide bonds. The summed E-state index contributed by atoms with van der Waals surface area (Å²) in [5.74, 6) is 0. The van der Waals surface area contributed by atoms with Crippen molar-refractivity contribution in [2.24, 2.45) is 10.4 Å². The lowest BCUT2D eigenvalue weighted by Crippen LogP contribution is -2.27. The van der Waals surface area contributed by atoms with E-state index < -0.39 is 0 Å². The van der Waals surface area contributed by atoms with E-state index in [1.807, 2.05) is 11.8 Å². The van der Waals surface area contributed by atoms with Gasteiger partial charge in [0.05, 0.1) is 6.54 Å². The molecule has 74 valence electrons. The fraction of sp³-hybridized carbons (Fsp3) is 0.900. The van der Waals surface area contributed by atoms with Crippen LogP contribution in [0, 0.1) is 5.41 Å². The molecule has 1 atom stereocenters. The Bertz CT molecular complexity index is 221. The Hall–Kier alpha value is -0.180. The quantitative estimate of drug-likeness (QED) is 0.752. The molecule has 0 saturated heterocycles. The third kappa shape index (κ3) is 2.19. The topological polar surface area (TPSA) is 24.4 Å². The second kappa shape index (κ2) is 3.52. The summed E-state index contributed by atoms with van der Waals surface area (Å²) in [5, 5.41) is 5.33. The molecule has 1 saturated carbocycles. The monoisotopic (exact) mass is 198 g/mol. The van der Waals surface area contributed by atoms with Crippen molar-refractivity contribution in [1.82, 2.24) is 5.32 Å². The van der Waals surface area contributed by atoms with E-state index in [9.17, 15) is 0 Å². The van der Waals surface area contributed by atoms with Gasteiger partial charge in [-0.1, -0.05) is 25.6 Å². The van der Waals surface area contributed by atoms with Crippen molar-refractivity contribution in [1.29, 1.82) is 0 Å². The molecule has 2 nitrogen and oxygen atoms in total. The molecule has 1 N–H and O–H groups in total. The molecule has 3 heteroatoms. The first-order valence-corrected chi connectivity index (χ1v) is 6.07. The SMILES string of the molecule is CCC1(CNC2=NCC(C)S2)CC1. The van der Waals surface area contributed by atoms with Crippen LogP contribution in [0.2, 0.25) is 0 Å². The van der Waals surface area contributed by atoms with Crippen LogP contribution in [-0.4, -0.2) is 23.5 Å². The van der Waals surface area contributed by atoms with Gasteiger partial charge < -0.3 is 5.32 Å². The van der Waals surface area contributed by atoms with Crippen molar-refractivity contribution in [2.75, 3.05) is 13.1 Å². The summed E-state index contributed by atoms with van der Waals surface area (Å²) in [6.45, 7) is 6.66. The van der Waals surface area contributed by atoms with Crippen LogP contribution in [-0.2, 0) is 0 Å². The Morgan fingerprint density at radius 1 is 1.62 bits per heavy atom. The summed E-state index contributed by atoms with van der Waals surface area (Å²) in [6.07, 6.45) is 4.13. The molecule has 0 bridgehead atoms. The van der Waals surface area contributed by atoms with Gasteiger partial charge in [-0.25, -0.2) is 0 Å². The normalized spacial score (nSPS) is 30.0. The van der Waals surface area contributed by atoms with E-state index >= 15 is 0 Å². The van der Waals surface area contributed by atoms with E-state index in [0.29, 0.717) is 10.7 Å². The van der Waals surface area contributed by atoms with Gasteiger partial charge >= 0.3 is 0 Å². The molecule has 0 spiro atoms. The third-order valence-corrected chi connectivity index (χ3v) is 4.17. The zero-order chi connectivity index (χ0) is 9.31. The number of hydrogen-bond acceptors (Lipinski definition) is 3. The second-order valence-electron chi connectivity index (χ2n) is 4.28. The van der Waals surface area contributed by atoms with Crippen LogP contribution in [0.4, 0.5) is 0 Å². The molecule has 13 heavy (non-hydrogen) atoms.